The summed E-state index contributed by atoms with van der Waals surface area (Å²) in [6.07, 6.45) is 6.54. The number of aromatic nitrogens is 2. The van der Waals surface area contributed by atoms with E-state index in [1.165, 1.54) is 6.33 Å². The highest BCUT2D eigenvalue weighted by molar-refractivity contribution is 5.29. The Bertz CT molecular complexity index is 410. The van der Waals surface area contributed by atoms with Crippen molar-refractivity contribution >= 4 is 0 Å². The first-order valence-corrected chi connectivity index (χ1v) is 4.33. The maximum absolute atomic E-state index is 6.02. The quantitative estimate of drug-likeness (QED) is 0.776. The zero-order valence-corrected chi connectivity index (χ0v) is 7.84. The molecular formula is C10H11N3O. The SMILES string of the molecule is Cc1occc1C(N)c1cncnc1. The molecule has 2 aromatic rings. The molecule has 0 bridgehead atoms. The first-order chi connectivity index (χ1) is 6.79. The molecule has 1 unspecified atom stereocenters. The lowest BCUT2D eigenvalue weighted by Crippen LogP contribution is -2.12. The summed E-state index contributed by atoms with van der Waals surface area (Å²) in [6.45, 7) is 1.89. The minimum absolute atomic E-state index is 0.213. The van der Waals surface area contributed by atoms with Crippen LogP contribution in [0.5, 0.6) is 0 Å². The van der Waals surface area contributed by atoms with E-state index in [-0.39, 0.29) is 6.04 Å². The number of nitrogens with two attached hydrogens (primary N) is 1. The molecule has 2 rings (SSSR count). The van der Waals surface area contributed by atoms with Gasteiger partial charge in [0, 0.05) is 23.5 Å². The van der Waals surface area contributed by atoms with Crippen molar-refractivity contribution in [1.29, 1.82) is 0 Å². The first-order valence-electron chi connectivity index (χ1n) is 4.33. The minimum atomic E-state index is -0.213. The summed E-state index contributed by atoms with van der Waals surface area (Å²) >= 11 is 0. The molecule has 2 N–H and O–H groups in total. The van der Waals surface area contributed by atoms with Crippen LogP contribution in [0.1, 0.15) is 22.9 Å². The Hall–Kier alpha value is -1.68. The standard InChI is InChI=1S/C10H11N3O/c1-7-9(2-3-14-7)10(11)8-4-12-6-13-5-8/h2-6,10H,11H2,1H3. The van der Waals surface area contributed by atoms with E-state index in [1.54, 1.807) is 18.7 Å². The van der Waals surface area contributed by atoms with Gasteiger partial charge >= 0.3 is 0 Å². The molecule has 0 spiro atoms. The fourth-order valence-electron chi connectivity index (χ4n) is 1.37. The molecule has 0 saturated carbocycles. The maximum atomic E-state index is 6.02. The fraction of sp³-hybridized carbons (Fsp3) is 0.200. The van der Waals surface area contributed by atoms with Crippen LogP contribution in [-0.4, -0.2) is 9.97 Å². The van der Waals surface area contributed by atoms with Crippen LogP contribution in [0.3, 0.4) is 0 Å². The monoisotopic (exact) mass is 189 g/mol. The third-order valence-electron chi connectivity index (χ3n) is 2.17. The van der Waals surface area contributed by atoms with Gasteiger partial charge in [0.05, 0.1) is 12.3 Å². The van der Waals surface area contributed by atoms with Crippen molar-refractivity contribution in [3.63, 3.8) is 0 Å². The van der Waals surface area contributed by atoms with Gasteiger partial charge in [-0.1, -0.05) is 0 Å². The zero-order chi connectivity index (χ0) is 9.97. The summed E-state index contributed by atoms with van der Waals surface area (Å²) < 4.78 is 5.19. The molecule has 0 fully saturated rings. The van der Waals surface area contributed by atoms with Crippen molar-refractivity contribution in [2.24, 2.45) is 5.73 Å². The van der Waals surface area contributed by atoms with E-state index in [1.807, 2.05) is 13.0 Å². The Kier molecular flexibility index (Phi) is 2.28. The van der Waals surface area contributed by atoms with E-state index in [4.69, 9.17) is 10.2 Å². The largest absolute Gasteiger partial charge is 0.469 e. The van der Waals surface area contributed by atoms with Crippen molar-refractivity contribution in [3.05, 3.63) is 47.9 Å². The Morgan fingerprint density at radius 1 is 1.36 bits per heavy atom. The van der Waals surface area contributed by atoms with Gasteiger partial charge < -0.3 is 10.2 Å². The molecular weight excluding hydrogens is 178 g/mol. The Balaban J connectivity index is 2.34. The van der Waals surface area contributed by atoms with E-state index in [9.17, 15) is 0 Å². The normalized spacial score (nSPS) is 12.7. The molecule has 2 aromatic heterocycles. The molecule has 0 amide bonds. The third-order valence-corrected chi connectivity index (χ3v) is 2.17. The van der Waals surface area contributed by atoms with E-state index in [0.29, 0.717) is 0 Å². The van der Waals surface area contributed by atoms with Gasteiger partial charge in [0.15, 0.2) is 0 Å². The third kappa shape index (κ3) is 1.52. The minimum Gasteiger partial charge on any atom is -0.469 e. The number of hydrogen-bond donors (Lipinski definition) is 1. The molecule has 0 saturated heterocycles. The van der Waals surface area contributed by atoms with Crippen LogP contribution in [0.15, 0.2) is 35.5 Å². The highest BCUT2D eigenvalue weighted by atomic mass is 16.3. The number of nitrogens with zero attached hydrogens (tertiary/aromatic N) is 2. The molecule has 2 heterocycles. The van der Waals surface area contributed by atoms with Gasteiger partial charge in [-0.3, -0.25) is 0 Å². The van der Waals surface area contributed by atoms with Crippen LogP contribution in [0.2, 0.25) is 0 Å². The van der Waals surface area contributed by atoms with Crippen molar-refractivity contribution in [2.75, 3.05) is 0 Å². The lowest BCUT2D eigenvalue weighted by Gasteiger charge is -2.09. The Morgan fingerprint density at radius 2 is 2.07 bits per heavy atom. The highest BCUT2D eigenvalue weighted by Gasteiger charge is 2.13. The summed E-state index contributed by atoms with van der Waals surface area (Å²) in [5.74, 6) is 0.835. The molecule has 4 nitrogen and oxygen atoms in total. The molecule has 14 heavy (non-hydrogen) atoms. The topological polar surface area (TPSA) is 64.9 Å². The van der Waals surface area contributed by atoms with Crippen molar-refractivity contribution in [3.8, 4) is 0 Å². The first kappa shape index (κ1) is 8.90. The second kappa shape index (κ2) is 3.59. The van der Waals surface area contributed by atoms with Gasteiger partial charge in [0.2, 0.25) is 0 Å². The van der Waals surface area contributed by atoms with Gasteiger partial charge in [-0.25, -0.2) is 9.97 Å². The second-order valence-corrected chi connectivity index (χ2v) is 3.08. The number of furan rings is 1. The molecule has 72 valence electrons. The molecule has 0 radical (unpaired) electrons. The molecule has 0 aliphatic heterocycles. The highest BCUT2D eigenvalue weighted by Crippen LogP contribution is 2.21. The summed E-state index contributed by atoms with van der Waals surface area (Å²) in [4.78, 5) is 7.85. The molecule has 0 aliphatic rings. The maximum Gasteiger partial charge on any atom is 0.115 e. The van der Waals surface area contributed by atoms with Crippen molar-refractivity contribution in [1.82, 2.24) is 9.97 Å². The lowest BCUT2D eigenvalue weighted by molar-refractivity contribution is 0.527. The summed E-state index contributed by atoms with van der Waals surface area (Å²) in [5, 5.41) is 0. The molecule has 1 atom stereocenters. The molecule has 4 heteroatoms. The van der Waals surface area contributed by atoms with Crippen LogP contribution in [0, 0.1) is 6.92 Å². The van der Waals surface area contributed by atoms with Gasteiger partial charge in [-0.2, -0.15) is 0 Å². The number of aryl methyl sites for hydroxylation is 1. The van der Waals surface area contributed by atoms with E-state index in [0.717, 1.165) is 16.9 Å². The van der Waals surface area contributed by atoms with Crippen molar-refractivity contribution < 1.29 is 4.42 Å². The number of hydrogen-bond acceptors (Lipinski definition) is 4. The van der Waals surface area contributed by atoms with E-state index in [2.05, 4.69) is 9.97 Å². The average molecular weight is 189 g/mol. The van der Waals surface area contributed by atoms with Crippen LogP contribution >= 0.6 is 0 Å². The predicted octanol–water partition coefficient (Wildman–Crippen LogP) is 1.43. The van der Waals surface area contributed by atoms with Gasteiger partial charge in [-0.05, 0) is 13.0 Å². The molecule has 0 aliphatic carbocycles. The van der Waals surface area contributed by atoms with E-state index < -0.39 is 0 Å². The predicted molar refractivity (Wildman–Crippen MR) is 51.5 cm³/mol. The van der Waals surface area contributed by atoms with Crippen LogP contribution in [0.4, 0.5) is 0 Å². The fourth-order valence-corrected chi connectivity index (χ4v) is 1.37. The van der Waals surface area contributed by atoms with Crippen LogP contribution < -0.4 is 5.73 Å². The second-order valence-electron chi connectivity index (χ2n) is 3.08. The van der Waals surface area contributed by atoms with Crippen LogP contribution in [-0.2, 0) is 0 Å². The lowest BCUT2D eigenvalue weighted by atomic mass is 10.0. The van der Waals surface area contributed by atoms with Gasteiger partial charge in [0.25, 0.3) is 0 Å². The smallest absolute Gasteiger partial charge is 0.115 e. The Labute approximate surface area is 81.8 Å². The average Bonchev–Trinajstić information content (AvgIpc) is 2.65. The van der Waals surface area contributed by atoms with Crippen LogP contribution in [0.25, 0.3) is 0 Å². The van der Waals surface area contributed by atoms with Crippen molar-refractivity contribution in [2.45, 2.75) is 13.0 Å². The van der Waals surface area contributed by atoms with Gasteiger partial charge in [-0.15, -0.1) is 0 Å². The molecule has 0 aromatic carbocycles. The summed E-state index contributed by atoms with van der Waals surface area (Å²) in [6, 6.07) is 1.66. The Morgan fingerprint density at radius 3 is 2.64 bits per heavy atom. The summed E-state index contributed by atoms with van der Waals surface area (Å²) in [5.41, 5.74) is 7.88. The number of rotatable bonds is 2. The van der Waals surface area contributed by atoms with Gasteiger partial charge in [0.1, 0.15) is 12.1 Å². The van der Waals surface area contributed by atoms with E-state index >= 15 is 0 Å². The zero-order valence-electron chi connectivity index (χ0n) is 7.84. The summed E-state index contributed by atoms with van der Waals surface area (Å²) in [7, 11) is 0.